The summed E-state index contributed by atoms with van der Waals surface area (Å²) in [6.07, 6.45) is 0. The van der Waals surface area contributed by atoms with Gasteiger partial charge in [-0.3, -0.25) is 4.79 Å². The number of benzene rings is 2. The van der Waals surface area contributed by atoms with Gasteiger partial charge in [-0.05, 0) is 30.3 Å². The second kappa shape index (κ2) is 10.2. The standard InChI is InChI=1S/C22H24N4O7S/c1-15-23-21(25-33-15)14-32-18-6-4-3-5-17(18)22(27)24-16-7-8-19(30-2)20(13-16)34(28,29)26-9-11-31-12-10-26/h3-8,13H,9-12,14H2,1-2H3,(H,24,27). The Morgan fingerprint density at radius 1 is 1.15 bits per heavy atom. The van der Waals surface area contributed by atoms with Crippen LogP contribution >= 0.6 is 0 Å². The zero-order chi connectivity index (χ0) is 24.1. The fourth-order valence-electron chi connectivity index (χ4n) is 3.40. The minimum absolute atomic E-state index is 0.0200. The lowest BCUT2D eigenvalue weighted by Gasteiger charge is -2.26. The van der Waals surface area contributed by atoms with Gasteiger partial charge in [0.25, 0.3) is 5.91 Å². The maximum atomic E-state index is 13.2. The normalized spacial score (nSPS) is 14.5. The van der Waals surface area contributed by atoms with Gasteiger partial charge >= 0.3 is 0 Å². The Hall–Kier alpha value is -3.48. The molecule has 1 aromatic heterocycles. The Kier molecular flexibility index (Phi) is 7.10. The molecule has 0 atom stereocenters. The van der Waals surface area contributed by atoms with Crippen LogP contribution in [0.15, 0.2) is 51.9 Å². The van der Waals surface area contributed by atoms with Gasteiger partial charge in [-0.1, -0.05) is 17.3 Å². The fraction of sp³-hybridized carbons (Fsp3) is 0.318. The molecule has 1 N–H and O–H groups in total. The van der Waals surface area contributed by atoms with Crippen LogP contribution in [0, 0.1) is 6.92 Å². The van der Waals surface area contributed by atoms with Gasteiger partial charge in [0, 0.05) is 25.7 Å². The van der Waals surface area contributed by atoms with E-state index in [0.717, 1.165) is 0 Å². The number of ether oxygens (including phenoxy) is 3. The molecule has 1 amide bonds. The highest BCUT2D eigenvalue weighted by molar-refractivity contribution is 7.89. The van der Waals surface area contributed by atoms with Crippen molar-refractivity contribution in [1.29, 1.82) is 0 Å². The van der Waals surface area contributed by atoms with Crippen molar-refractivity contribution < 1.29 is 31.9 Å². The summed E-state index contributed by atoms with van der Waals surface area (Å²) >= 11 is 0. The first-order valence-corrected chi connectivity index (χ1v) is 11.9. The summed E-state index contributed by atoms with van der Waals surface area (Å²) in [5.74, 6) is 0.785. The molecule has 0 unspecified atom stereocenters. The topological polar surface area (TPSA) is 133 Å². The molecule has 0 spiro atoms. The van der Waals surface area contributed by atoms with Gasteiger partial charge < -0.3 is 24.1 Å². The second-order valence-corrected chi connectivity index (χ2v) is 9.26. The van der Waals surface area contributed by atoms with E-state index < -0.39 is 15.9 Å². The molecule has 3 aromatic rings. The molecule has 0 aliphatic carbocycles. The van der Waals surface area contributed by atoms with Crippen LogP contribution < -0.4 is 14.8 Å². The minimum Gasteiger partial charge on any atom is -0.495 e. The van der Waals surface area contributed by atoms with Crippen molar-refractivity contribution in [3.05, 3.63) is 59.7 Å². The van der Waals surface area contributed by atoms with Crippen LogP contribution in [0.2, 0.25) is 0 Å². The predicted octanol–water partition coefficient (Wildman–Crippen LogP) is 2.24. The molecular formula is C22H24N4O7S. The number of hydrogen-bond acceptors (Lipinski definition) is 9. The number of carbonyl (C=O) groups is 1. The Labute approximate surface area is 196 Å². The minimum atomic E-state index is -3.84. The van der Waals surface area contributed by atoms with Gasteiger partial charge in [-0.2, -0.15) is 9.29 Å². The monoisotopic (exact) mass is 488 g/mol. The van der Waals surface area contributed by atoms with E-state index in [4.69, 9.17) is 18.7 Å². The first-order valence-electron chi connectivity index (χ1n) is 10.5. The smallest absolute Gasteiger partial charge is 0.259 e. The van der Waals surface area contributed by atoms with Crippen molar-refractivity contribution in [2.75, 3.05) is 38.7 Å². The van der Waals surface area contributed by atoms with E-state index in [0.29, 0.717) is 36.4 Å². The van der Waals surface area contributed by atoms with Crippen LogP contribution in [-0.4, -0.2) is 62.2 Å². The van der Waals surface area contributed by atoms with E-state index in [1.54, 1.807) is 37.3 Å². The Balaban J connectivity index is 1.55. The lowest BCUT2D eigenvalue weighted by atomic mass is 10.2. The van der Waals surface area contributed by atoms with E-state index in [1.165, 1.54) is 23.5 Å². The van der Waals surface area contributed by atoms with E-state index >= 15 is 0 Å². The van der Waals surface area contributed by atoms with Crippen molar-refractivity contribution in [1.82, 2.24) is 14.4 Å². The summed E-state index contributed by atoms with van der Waals surface area (Å²) in [7, 11) is -2.45. The fourth-order valence-corrected chi connectivity index (χ4v) is 4.99. The van der Waals surface area contributed by atoms with Crippen molar-refractivity contribution in [2.45, 2.75) is 18.4 Å². The van der Waals surface area contributed by atoms with Crippen molar-refractivity contribution in [2.24, 2.45) is 0 Å². The van der Waals surface area contributed by atoms with Crippen LogP contribution in [0.1, 0.15) is 22.1 Å². The zero-order valence-electron chi connectivity index (χ0n) is 18.7. The van der Waals surface area contributed by atoms with Crippen LogP contribution in [0.3, 0.4) is 0 Å². The molecule has 1 aliphatic heterocycles. The van der Waals surface area contributed by atoms with Crippen molar-refractivity contribution >= 4 is 21.6 Å². The maximum absolute atomic E-state index is 13.2. The zero-order valence-corrected chi connectivity index (χ0v) is 19.5. The third-order valence-corrected chi connectivity index (χ3v) is 6.99. The number of para-hydroxylation sites is 1. The summed E-state index contributed by atoms with van der Waals surface area (Å²) in [5.41, 5.74) is 0.553. The number of sulfonamides is 1. The number of amides is 1. The third kappa shape index (κ3) is 5.19. The molecule has 12 heteroatoms. The molecule has 34 heavy (non-hydrogen) atoms. The number of anilines is 1. The van der Waals surface area contributed by atoms with Crippen molar-refractivity contribution in [3.63, 3.8) is 0 Å². The SMILES string of the molecule is COc1ccc(NC(=O)c2ccccc2OCc2noc(C)n2)cc1S(=O)(=O)N1CCOCC1. The van der Waals surface area contributed by atoms with E-state index in [2.05, 4.69) is 15.5 Å². The van der Waals surface area contributed by atoms with Crippen LogP contribution in [0.25, 0.3) is 0 Å². The van der Waals surface area contributed by atoms with Gasteiger partial charge in [-0.25, -0.2) is 8.42 Å². The predicted molar refractivity (Wildman–Crippen MR) is 120 cm³/mol. The lowest BCUT2D eigenvalue weighted by Crippen LogP contribution is -2.40. The summed E-state index contributed by atoms with van der Waals surface area (Å²) in [4.78, 5) is 17.1. The highest BCUT2D eigenvalue weighted by Crippen LogP contribution is 2.31. The number of morpholine rings is 1. The molecule has 180 valence electrons. The molecule has 2 aromatic carbocycles. The van der Waals surface area contributed by atoms with Gasteiger partial charge in [0.2, 0.25) is 21.7 Å². The average molecular weight is 489 g/mol. The van der Waals surface area contributed by atoms with Crippen LogP contribution in [0.4, 0.5) is 5.69 Å². The molecule has 0 bridgehead atoms. The quantitative estimate of drug-likeness (QED) is 0.507. The number of nitrogens with zero attached hydrogens (tertiary/aromatic N) is 3. The van der Waals surface area contributed by atoms with Gasteiger partial charge in [0.1, 0.15) is 16.4 Å². The maximum Gasteiger partial charge on any atom is 0.259 e. The van der Waals surface area contributed by atoms with Crippen LogP contribution in [0.5, 0.6) is 11.5 Å². The highest BCUT2D eigenvalue weighted by atomic mass is 32.2. The summed E-state index contributed by atoms with van der Waals surface area (Å²) in [5, 5.41) is 6.50. The molecule has 11 nitrogen and oxygen atoms in total. The molecule has 1 saturated heterocycles. The van der Waals surface area contributed by atoms with Gasteiger partial charge in [0.15, 0.2) is 6.61 Å². The number of rotatable bonds is 8. The molecule has 0 radical (unpaired) electrons. The molecule has 1 fully saturated rings. The number of nitrogens with one attached hydrogen (secondary N) is 1. The largest absolute Gasteiger partial charge is 0.495 e. The summed E-state index contributed by atoms with van der Waals surface area (Å²) < 4.78 is 48.9. The molecule has 0 saturated carbocycles. The lowest BCUT2D eigenvalue weighted by molar-refractivity contribution is 0.0729. The number of methoxy groups -OCH3 is 1. The van der Waals surface area contributed by atoms with E-state index in [-0.39, 0.29) is 35.9 Å². The Morgan fingerprint density at radius 3 is 2.62 bits per heavy atom. The highest BCUT2D eigenvalue weighted by Gasteiger charge is 2.29. The van der Waals surface area contributed by atoms with E-state index in [1.807, 2.05) is 0 Å². The third-order valence-electron chi connectivity index (χ3n) is 5.07. The van der Waals surface area contributed by atoms with Gasteiger partial charge in [-0.15, -0.1) is 0 Å². The summed E-state index contributed by atoms with van der Waals surface area (Å²) in [6, 6.07) is 11.1. The van der Waals surface area contributed by atoms with E-state index in [9.17, 15) is 13.2 Å². The number of aromatic nitrogens is 2. The Bertz CT molecular complexity index is 1270. The first-order chi connectivity index (χ1) is 16.4. The second-order valence-electron chi connectivity index (χ2n) is 7.35. The number of aryl methyl sites for hydroxylation is 1. The van der Waals surface area contributed by atoms with Crippen LogP contribution in [-0.2, 0) is 21.4 Å². The van der Waals surface area contributed by atoms with Gasteiger partial charge in [0.05, 0.1) is 25.9 Å². The summed E-state index contributed by atoms with van der Waals surface area (Å²) in [6.45, 7) is 2.81. The molecule has 4 rings (SSSR count). The average Bonchev–Trinajstić information content (AvgIpc) is 3.28. The molecular weight excluding hydrogens is 464 g/mol. The number of hydrogen-bond donors (Lipinski definition) is 1. The molecule has 1 aliphatic rings. The molecule has 2 heterocycles. The number of carbonyl (C=O) groups excluding carboxylic acids is 1. The Morgan fingerprint density at radius 2 is 1.91 bits per heavy atom. The first kappa shape index (κ1) is 23.7. The van der Waals surface area contributed by atoms with Crippen molar-refractivity contribution in [3.8, 4) is 11.5 Å².